The van der Waals surface area contributed by atoms with Crippen LogP contribution in [0.4, 0.5) is 0 Å². The van der Waals surface area contributed by atoms with E-state index in [0.29, 0.717) is 0 Å². The van der Waals surface area contributed by atoms with Gasteiger partial charge in [0.05, 0.1) is 14.2 Å². The second-order valence-corrected chi connectivity index (χ2v) is 4.60. The maximum absolute atomic E-state index is 12.2. The summed E-state index contributed by atoms with van der Waals surface area (Å²) >= 11 is 0. The molecular weight excluding hydrogens is 256 g/mol. The largest absolute Gasteiger partial charge is 0.468 e. The number of ether oxygens (including phenoxy) is 2. The standard InChI is InChI=1S/C16H20O4/c1-5-9-13(12-10-7-6-8-11-12)16(2,14(17)19-3)15(18)20-4/h5-11,13H,1-4H3/b9-5+. The zero-order valence-corrected chi connectivity index (χ0v) is 12.3. The first-order valence-electron chi connectivity index (χ1n) is 6.37. The molecule has 4 heteroatoms. The molecule has 0 bridgehead atoms. The Morgan fingerprint density at radius 2 is 1.60 bits per heavy atom. The van der Waals surface area contributed by atoms with Gasteiger partial charge in [-0.15, -0.1) is 0 Å². The third kappa shape index (κ3) is 2.90. The lowest BCUT2D eigenvalue weighted by Crippen LogP contribution is -2.43. The molecule has 0 saturated heterocycles. The van der Waals surface area contributed by atoms with E-state index in [1.54, 1.807) is 6.92 Å². The number of carbonyl (C=O) groups is 2. The van der Waals surface area contributed by atoms with E-state index in [0.717, 1.165) is 5.56 Å². The molecule has 0 spiro atoms. The van der Waals surface area contributed by atoms with Crippen molar-refractivity contribution in [2.24, 2.45) is 5.41 Å². The monoisotopic (exact) mass is 276 g/mol. The lowest BCUT2D eigenvalue weighted by molar-refractivity contribution is -0.168. The van der Waals surface area contributed by atoms with Crippen LogP contribution >= 0.6 is 0 Å². The number of carbonyl (C=O) groups excluding carboxylic acids is 2. The van der Waals surface area contributed by atoms with Gasteiger partial charge in [0.2, 0.25) is 0 Å². The SMILES string of the molecule is C/C=C/C(c1ccccc1)C(C)(C(=O)OC)C(=O)OC. The van der Waals surface area contributed by atoms with E-state index >= 15 is 0 Å². The average molecular weight is 276 g/mol. The Morgan fingerprint density at radius 3 is 2.00 bits per heavy atom. The van der Waals surface area contributed by atoms with Crippen LogP contribution in [0.25, 0.3) is 0 Å². The number of rotatable bonds is 5. The van der Waals surface area contributed by atoms with Gasteiger partial charge in [-0.2, -0.15) is 0 Å². The lowest BCUT2D eigenvalue weighted by atomic mass is 9.73. The van der Waals surface area contributed by atoms with Crippen LogP contribution in [0.1, 0.15) is 25.3 Å². The van der Waals surface area contributed by atoms with Gasteiger partial charge in [-0.05, 0) is 19.4 Å². The Hall–Kier alpha value is -2.10. The molecule has 20 heavy (non-hydrogen) atoms. The van der Waals surface area contributed by atoms with Crippen molar-refractivity contribution in [2.45, 2.75) is 19.8 Å². The number of esters is 2. The van der Waals surface area contributed by atoms with Gasteiger partial charge in [0.25, 0.3) is 0 Å². The van der Waals surface area contributed by atoms with Crippen molar-refractivity contribution in [2.75, 3.05) is 14.2 Å². The van der Waals surface area contributed by atoms with Gasteiger partial charge in [0.1, 0.15) is 0 Å². The predicted octanol–water partition coefficient (Wildman–Crippen LogP) is 2.70. The zero-order chi connectivity index (χ0) is 15.2. The summed E-state index contributed by atoms with van der Waals surface area (Å²) in [7, 11) is 2.53. The molecule has 0 aliphatic heterocycles. The normalized spacial score (nSPS) is 13.0. The summed E-state index contributed by atoms with van der Waals surface area (Å²) in [5.41, 5.74) is -0.568. The molecule has 0 radical (unpaired) electrons. The van der Waals surface area contributed by atoms with Gasteiger partial charge in [-0.25, -0.2) is 0 Å². The summed E-state index contributed by atoms with van der Waals surface area (Å²) in [4.78, 5) is 24.3. The van der Waals surface area contributed by atoms with Crippen LogP contribution in [-0.4, -0.2) is 26.2 Å². The summed E-state index contributed by atoms with van der Waals surface area (Å²) in [6.07, 6.45) is 3.62. The van der Waals surface area contributed by atoms with Crippen molar-refractivity contribution >= 4 is 11.9 Å². The van der Waals surface area contributed by atoms with Crippen molar-refractivity contribution in [3.8, 4) is 0 Å². The number of allylic oxidation sites excluding steroid dienone is 2. The minimum absolute atomic E-state index is 0.450. The smallest absolute Gasteiger partial charge is 0.323 e. The van der Waals surface area contributed by atoms with Crippen molar-refractivity contribution in [3.63, 3.8) is 0 Å². The molecule has 1 rings (SSSR count). The van der Waals surface area contributed by atoms with E-state index < -0.39 is 23.3 Å². The lowest BCUT2D eigenvalue weighted by Gasteiger charge is -2.31. The molecule has 1 aromatic rings. The molecule has 0 fully saturated rings. The van der Waals surface area contributed by atoms with Crippen molar-refractivity contribution in [1.29, 1.82) is 0 Å². The molecule has 108 valence electrons. The van der Waals surface area contributed by atoms with Crippen LogP contribution in [0.5, 0.6) is 0 Å². The Morgan fingerprint density at radius 1 is 1.10 bits per heavy atom. The topological polar surface area (TPSA) is 52.6 Å². The Kier molecular flexibility index (Phi) is 5.50. The molecule has 1 atom stereocenters. The number of hydrogen-bond acceptors (Lipinski definition) is 4. The van der Waals surface area contributed by atoms with Gasteiger partial charge in [0, 0.05) is 5.92 Å². The van der Waals surface area contributed by atoms with E-state index in [1.807, 2.05) is 49.4 Å². The maximum atomic E-state index is 12.2. The average Bonchev–Trinajstić information content (AvgIpc) is 2.50. The van der Waals surface area contributed by atoms with E-state index in [2.05, 4.69) is 0 Å². The van der Waals surface area contributed by atoms with Crippen molar-refractivity contribution in [1.82, 2.24) is 0 Å². The quantitative estimate of drug-likeness (QED) is 0.471. The zero-order valence-electron chi connectivity index (χ0n) is 12.3. The first kappa shape index (κ1) is 16.0. The molecule has 0 aromatic heterocycles. The molecule has 0 saturated carbocycles. The van der Waals surface area contributed by atoms with Crippen LogP contribution in [-0.2, 0) is 19.1 Å². The van der Waals surface area contributed by atoms with Gasteiger partial charge < -0.3 is 9.47 Å². The summed E-state index contributed by atoms with van der Waals surface area (Å²) in [5, 5.41) is 0. The summed E-state index contributed by atoms with van der Waals surface area (Å²) in [6, 6.07) is 9.34. The molecule has 0 aliphatic rings. The third-order valence-electron chi connectivity index (χ3n) is 3.38. The van der Waals surface area contributed by atoms with Gasteiger partial charge in [-0.1, -0.05) is 42.5 Å². The van der Waals surface area contributed by atoms with Crippen LogP contribution in [0.2, 0.25) is 0 Å². The number of methoxy groups -OCH3 is 2. The fraction of sp³-hybridized carbons (Fsp3) is 0.375. The highest BCUT2D eigenvalue weighted by molar-refractivity contribution is 6.01. The minimum Gasteiger partial charge on any atom is -0.468 e. The Labute approximate surface area is 119 Å². The van der Waals surface area contributed by atoms with E-state index in [-0.39, 0.29) is 0 Å². The fourth-order valence-corrected chi connectivity index (χ4v) is 2.25. The Balaban J connectivity index is 3.40. The first-order chi connectivity index (χ1) is 9.52. The van der Waals surface area contributed by atoms with E-state index in [4.69, 9.17) is 9.47 Å². The van der Waals surface area contributed by atoms with Gasteiger partial charge >= 0.3 is 11.9 Å². The van der Waals surface area contributed by atoms with Crippen LogP contribution in [0, 0.1) is 5.41 Å². The number of benzene rings is 1. The molecule has 0 N–H and O–H groups in total. The van der Waals surface area contributed by atoms with Crippen molar-refractivity contribution < 1.29 is 19.1 Å². The molecule has 4 nitrogen and oxygen atoms in total. The maximum Gasteiger partial charge on any atom is 0.323 e. The molecule has 1 unspecified atom stereocenters. The molecular formula is C16H20O4. The highest BCUT2D eigenvalue weighted by atomic mass is 16.5. The second-order valence-electron chi connectivity index (χ2n) is 4.60. The summed E-state index contributed by atoms with van der Waals surface area (Å²) in [6.45, 7) is 3.38. The van der Waals surface area contributed by atoms with Crippen molar-refractivity contribution in [3.05, 3.63) is 48.0 Å². The highest BCUT2D eigenvalue weighted by Crippen LogP contribution is 2.39. The van der Waals surface area contributed by atoms with Gasteiger partial charge in [0.15, 0.2) is 5.41 Å². The molecule has 0 amide bonds. The second kappa shape index (κ2) is 6.89. The third-order valence-corrected chi connectivity index (χ3v) is 3.38. The molecule has 0 aliphatic carbocycles. The van der Waals surface area contributed by atoms with Gasteiger partial charge in [-0.3, -0.25) is 9.59 Å². The summed E-state index contributed by atoms with van der Waals surface area (Å²) in [5.74, 6) is -1.68. The highest BCUT2D eigenvalue weighted by Gasteiger charge is 2.50. The van der Waals surface area contributed by atoms with E-state index in [1.165, 1.54) is 14.2 Å². The summed E-state index contributed by atoms with van der Waals surface area (Å²) < 4.78 is 9.63. The number of hydrogen-bond donors (Lipinski definition) is 0. The molecule has 1 aromatic carbocycles. The van der Waals surface area contributed by atoms with E-state index in [9.17, 15) is 9.59 Å². The van der Waals surface area contributed by atoms with Crippen LogP contribution < -0.4 is 0 Å². The molecule has 0 heterocycles. The van der Waals surface area contributed by atoms with Crippen LogP contribution in [0.15, 0.2) is 42.5 Å². The predicted molar refractivity (Wildman–Crippen MR) is 76.1 cm³/mol. The Bertz CT molecular complexity index is 474. The first-order valence-corrected chi connectivity index (χ1v) is 6.37. The minimum atomic E-state index is -1.42. The van der Waals surface area contributed by atoms with Crippen LogP contribution in [0.3, 0.4) is 0 Å². The fourth-order valence-electron chi connectivity index (χ4n) is 2.25.